The van der Waals surface area contributed by atoms with Crippen molar-refractivity contribution in [1.82, 2.24) is 10.6 Å². The third kappa shape index (κ3) is 4.11. The Morgan fingerprint density at radius 3 is 2.76 bits per heavy atom. The Morgan fingerprint density at radius 2 is 2.18 bits per heavy atom. The maximum absolute atomic E-state index is 13.0. The lowest BCUT2D eigenvalue weighted by Crippen LogP contribution is -2.36. The summed E-state index contributed by atoms with van der Waals surface area (Å²) in [5, 5.41) is 6.30. The first kappa shape index (κ1) is 13.6. The maximum atomic E-state index is 13.0. The van der Waals surface area contributed by atoms with Gasteiger partial charge in [0.05, 0.1) is 6.04 Å². The van der Waals surface area contributed by atoms with Gasteiger partial charge in [-0.3, -0.25) is 0 Å². The highest BCUT2D eigenvalue weighted by Crippen LogP contribution is 2.15. The Hall–Kier alpha value is -1.49. The first-order valence-electron chi connectivity index (χ1n) is 5.14. The van der Waals surface area contributed by atoms with Crippen LogP contribution in [0.2, 0.25) is 0 Å². The Kier molecular flexibility index (Phi) is 5.03. The van der Waals surface area contributed by atoms with E-state index in [-0.39, 0.29) is 6.04 Å². The highest BCUT2D eigenvalue weighted by atomic mass is 32.1. The molecule has 5 heteroatoms. The highest BCUT2D eigenvalue weighted by Gasteiger charge is 2.09. The van der Waals surface area contributed by atoms with Gasteiger partial charge in [0.25, 0.3) is 0 Å². The number of rotatable bonds is 4. The molecule has 1 aromatic rings. The molecule has 0 aliphatic heterocycles. The fraction of sp³-hybridized carbons (Fsp3) is 0.250. The monoisotopic (exact) mass is 256 g/mol. The molecule has 0 aliphatic rings. The number of thiocarbonyl (C=S) groups is 1. The van der Waals surface area contributed by atoms with Crippen LogP contribution in [0.5, 0.6) is 0 Å². The second-order valence-electron chi connectivity index (χ2n) is 3.54. The van der Waals surface area contributed by atoms with Crippen molar-refractivity contribution in [3.63, 3.8) is 0 Å². The van der Waals surface area contributed by atoms with E-state index in [2.05, 4.69) is 17.2 Å². The van der Waals surface area contributed by atoms with Gasteiger partial charge in [-0.15, -0.1) is 6.58 Å². The van der Waals surface area contributed by atoms with Crippen LogP contribution in [0, 0.1) is 11.6 Å². The van der Waals surface area contributed by atoms with E-state index in [1.807, 2.05) is 6.92 Å². The predicted molar refractivity (Wildman–Crippen MR) is 68.7 cm³/mol. The molecule has 17 heavy (non-hydrogen) atoms. The van der Waals surface area contributed by atoms with E-state index in [0.29, 0.717) is 17.2 Å². The van der Waals surface area contributed by atoms with Gasteiger partial charge >= 0.3 is 0 Å². The second kappa shape index (κ2) is 6.30. The van der Waals surface area contributed by atoms with E-state index in [1.54, 1.807) is 6.08 Å². The summed E-state index contributed by atoms with van der Waals surface area (Å²) in [6.45, 7) is 5.92. The molecule has 0 aliphatic carbocycles. The molecule has 0 amide bonds. The van der Waals surface area contributed by atoms with Gasteiger partial charge in [-0.2, -0.15) is 0 Å². The standard InChI is InChI=1S/C12H14F2N2S/c1-3-6-15-12(17)16-8(2)9-4-5-10(13)11(14)7-9/h3-5,7-8H,1,6H2,2H3,(H2,15,16,17)/t8-/m0/s1. The molecule has 1 aromatic carbocycles. The van der Waals surface area contributed by atoms with E-state index in [0.717, 1.165) is 12.1 Å². The lowest BCUT2D eigenvalue weighted by Gasteiger charge is -2.16. The molecule has 0 radical (unpaired) electrons. The highest BCUT2D eigenvalue weighted by molar-refractivity contribution is 7.80. The van der Waals surface area contributed by atoms with Crippen molar-refractivity contribution >= 4 is 17.3 Å². The molecule has 0 saturated heterocycles. The third-order valence-corrected chi connectivity index (χ3v) is 2.46. The zero-order valence-corrected chi connectivity index (χ0v) is 10.3. The summed E-state index contributed by atoms with van der Waals surface area (Å²) >= 11 is 5.02. The fourth-order valence-electron chi connectivity index (χ4n) is 1.28. The van der Waals surface area contributed by atoms with Gasteiger partial charge in [0.15, 0.2) is 16.7 Å². The van der Waals surface area contributed by atoms with Crippen molar-refractivity contribution in [2.24, 2.45) is 0 Å². The first-order chi connectivity index (χ1) is 8.04. The summed E-state index contributed by atoms with van der Waals surface area (Å²) in [7, 11) is 0. The summed E-state index contributed by atoms with van der Waals surface area (Å²) < 4.78 is 25.8. The van der Waals surface area contributed by atoms with E-state index < -0.39 is 11.6 Å². The molecule has 2 nitrogen and oxygen atoms in total. The maximum Gasteiger partial charge on any atom is 0.167 e. The van der Waals surface area contributed by atoms with Crippen LogP contribution in [0.15, 0.2) is 30.9 Å². The van der Waals surface area contributed by atoms with Gasteiger partial charge in [0, 0.05) is 6.54 Å². The van der Waals surface area contributed by atoms with Crippen LogP contribution in [0.4, 0.5) is 8.78 Å². The quantitative estimate of drug-likeness (QED) is 0.640. The zero-order valence-electron chi connectivity index (χ0n) is 9.47. The van der Waals surface area contributed by atoms with Crippen LogP contribution < -0.4 is 10.6 Å². The first-order valence-corrected chi connectivity index (χ1v) is 5.55. The zero-order chi connectivity index (χ0) is 12.8. The topological polar surface area (TPSA) is 24.1 Å². The van der Waals surface area contributed by atoms with Crippen LogP contribution in [0.3, 0.4) is 0 Å². The summed E-state index contributed by atoms with van der Waals surface area (Å²) in [5.41, 5.74) is 0.631. The minimum Gasteiger partial charge on any atom is -0.359 e. The number of halogens is 2. The Labute approximate surface area is 105 Å². The number of benzene rings is 1. The van der Waals surface area contributed by atoms with Crippen molar-refractivity contribution in [2.45, 2.75) is 13.0 Å². The molecule has 0 aromatic heterocycles. The van der Waals surface area contributed by atoms with Gasteiger partial charge < -0.3 is 10.6 Å². The minimum atomic E-state index is -0.860. The van der Waals surface area contributed by atoms with E-state index in [9.17, 15) is 8.78 Å². The predicted octanol–water partition coefficient (Wildman–Crippen LogP) is 2.68. The molecule has 1 rings (SSSR count). The van der Waals surface area contributed by atoms with Gasteiger partial charge in [-0.1, -0.05) is 12.1 Å². The molecule has 2 N–H and O–H groups in total. The van der Waals surface area contributed by atoms with Crippen molar-refractivity contribution in [2.75, 3.05) is 6.54 Å². The molecule has 1 atom stereocenters. The van der Waals surface area contributed by atoms with Crippen molar-refractivity contribution < 1.29 is 8.78 Å². The average molecular weight is 256 g/mol. The van der Waals surface area contributed by atoms with Crippen LogP contribution in [0.1, 0.15) is 18.5 Å². The summed E-state index contributed by atoms with van der Waals surface area (Å²) in [4.78, 5) is 0. The van der Waals surface area contributed by atoms with Gasteiger partial charge in [-0.25, -0.2) is 8.78 Å². The smallest absolute Gasteiger partial charge is 0.167 e. The van der Waals surface area contributed by atoms with Gasteiger partial charge in [-0.05, 0) is 36.8 Å². The second-order valence-corrected chi connectivity index (χ2v) is 3.95. The molecule has 0 unspecified atom stereocenters. The molecule has 0 bridgehead atoms. The summed E-state index contributed by atoms with van der Waals surface area (Å²) in [6, 6.07) is 3.58. The molecule has 0 fully saturated rings. The Morgan fingerprint density at radius 1 is 1.47 bits per heavy atom. The molecular weight excluding hydrogens is 242 g/mol. The van der Waals surface area contributed by atoms with Crippen LogP contribution in [-0.4, -0.2) is 11.7 Å². The number of nitrogens with one attached hydrogen (secondary N) is 2. The molecule has 0 saturated carbocycles. The Bertz CT molecular complexity index is 421. The summed E-state index contributed by atoms with van der Waals surface area (Å²) in [6.07, 6.45) is 1.68. The lowest BCUT2D eigenvalue weighted by atomic mass is 10.1. The Balaban J connectivity index is 2.63. The molecule has 92 valence electrons. The minimum absolute atomic E-state index is 0.199. The van der Waals surface area contributed by atoms with E-state index in [4.69, 9.17) is 12.2 Å². The van der Waals surface area contributed by atoms with Crippen LogP contribution >= 0.6 is 12.2 Å². The van der Waals surface area contributed by atoms with Crippen molar-refractivity contribution in [3.05, 3.63) is 48.1 Å². The number of hydrogen-bond acceptors (Lipinski definition) is 1. The molecular formula is C12H14F2N2S. The third-order valence-electron chi connectivity index (χ3n) is 2.20. The van der Waals surface area contributed by atoms with Crippen LogP contribution in [0.25, 0.3) is 0 Å². The summed E-state index contributed by atoms with van der Waals surface area (Å²) in [5.74, 6) is -1.71. The van der Waals surface area contributed by atoms with Gasteiger partial charge in [0.1, 0.15) is 0 Å². The SMILES string of the molecule is C=CCNC(=S)N[C@@H](C)c1ccc(F)c(F)c1. The molecule has 0 spiro atoms. The van der Waals surface area contributed by atoms with Gasteiger partial charge in [0.2, 0.25) is 0 Å². The van der Waals surface area contributed by atoms with E-state index in [1.165, 1.54) is 6.07 Å². The van der Waals surface area contributed by atoms with Crippen molar-refractivity contribution in [1.29, 1.82) is 0 Å². The van der Waals surface area contributed by atoms with Crippen molar-refractivity contribution in [3.8, 4) is 0 Å². The van der Waals surface area contributed by atoms with E-state index >= 15 is 0 Å². The normalized spacial score (nSPS) is 11.7. The average Bonchev–Trinajstić information content (AvgIpc) is 2.30. The fourth-order valence-corrected chi connectivity index (χ4v) is 1.54. The molecule has 0 heterocycles. The lowest BCUT2D eigenvalue weighted by molar-refractivity contribution is 0.505. The van der Waals surface area contributed by atoms with Crippen LogP contribution in [-0.2, 0) is 0 Å². The largest absolute Gasteiger partial charge is 0.359 e. The number of hydrogen-bond donors (Lipinski definition) is 2.